The van der Waals surface area contributed by atoms with Crippen LogP contribution in [-0.2, 0) is 17.1 Å². The van der Waals surface area contributed by atoms with Crippen LogP contribution in [0.25, 0.3) is 0 Å². The molecule has 0 saturated heterocycles. The molecule has 0 radical (unpaired) electrons. The second kappa shape index (κ2) is 13.0. The van der Waals surface area contributed by atoms with Crippen LogP contribution in [-0.4, -0.2) is 12.1 Å². The highest BCUT2D eigenvalue weighted by atomic mass is 19.4. The molecule has 0 N–H and O–H groups in total. The lowest BCUT2D eigenvalue weighted by Crippen LogP contribution is -2.22. The highest BCUT2D eigenvalue weighted by Gasteiger charge is 2.39. The van der Waals surface area contributed by atoms with E-state index in [0.29, 0.717) is 25.3 Å². The van der Waals surface area contributed by atoms with Crippen molar-refractivity contribution in [2.75, 3.05) is 0 Å². The van der Waals surface area contributed by atoms with Gasteiger partial charge in [-0.15, -0.1) is 0 Å². The maximum atomic E-state index is 13.3. The average Bonchev–Trinajstić information content (AvgIpc) is 2.69. The van der Waals surface area contributed by atoms with Gasteiger partial charge in [0, 0.05) is 0 Å². The van der Waals surface area contributed by atoms with Crippen molar-refractivity contribution in [2.45, 2.75) is 103 Å². The van der Waals surface area contributed by atoms with Crippen molar-refractivity contribution >= 4 is 5.97 Å². The number of halogens is 6. The van der Waals surface area contributed by atoms with E-state index in [4.69, 9.17) is 4.74 Å². The third kappa shape index (κ3) is 9.95. The normalized spacial score (nSPS) is 13.3. The molecule has 0 aromatic heterocycles. The molecule has 1 aromatic carbocycles. The summed E-state index contributed by atoms with van der Waals surface area (Å²) in [5, 5.41) is 0. The molecule has 0 fully saturated rings. The van der Waals surface area contributed by atoms with E-state index in [0.717, 1.165) is 44.9 Å². The molecule has 1 atom stereocenters. The van der Waals surface area contributed by atoms with Gasteiger partial charge in [-0.25, -0.2) is 4.79 Å². The number of alkyl halides is 6. The molecule has 1 unspecified atom stereocenters. The summed E-state index contributed by atoms with van der Waals surface area (Å²) in [4.78, 5) is 12.5. The quantitative estimate of drug-likeness (QED) is 0.169. The van der Waals surface area contributed by atoms with Crippen molar-refractivity contribution < 1.29 is 35.9 Å². The van der Waals surface area contributed by atoms with Crippen LogP contribution < -0.4 is 0 Å². The number of esters is 1. The third-order valence-corrected chi connectivity index (χ3v) is 5.16. The van der Waals surface area contributed by atoms with E-state index < -0.39 is 41.1 Å². The SMILES string of the molecule is CCCCCCCCCC(CCCC)OC(=O)c1cc(C(F)(F)F)ccc1C(F)(F)F. The summed E-state index contributed by atoms with van der Waals surface area (Å²) in [6.07, 6.45) is -0.687. The topological polar surface area (TPSA) is 26.3 Å². The highest BCUT2D eigenvalue weighted by molar-refractivity contribution is 5.91. The van der Waals surface area contributed by atoms with E-state index in [1.807, 2.05) is 6.92 Å². The van der Waals surface area contributed by atoms with Gasteiger partial charge in [0.2, 0.25) is 0 Å². The van der Waals surface area contributed by atoms with E-state index in [2.05, 4.69) is 6.92 Å². The van der Waals surface area contributed by atoms with Crippen LogP contribution in [0.3, 0.4) is 0 Å². The standard InChI is InChI=1S/C23H32F6O2/c1-3-5-7-8-9-10-11-13-18(12-6-4-2)31-21(30)19-16-17(22(24,25)26)14-15-20(19)23(27,28)29/h14-16,18H,3-13H2,1-2H3. The first-order valence-corrected chi connectivity index (χ1v) is 11.0. The number of benzene rings is 1. The molecule has 1 rings (SSSR count). The van der Waals surface area contributed by atoms with Gasteiger partial charge < -0.3 is 4.74 Å². The van der Waals surface area contributed by atoms with Crippen molar-refractivity contribution in [3.63, 3.8) is 0 Å². The molecule has 0 heterocycles. The zero-order chi connectivity index (χ0) is 23.5. The Morgan fingerprint density at radius 1 is 0.806 bits per heavy atom. The van der Waals surface area contributed by atoms with Gasteiger partial charge in [-0.3, -0.25) is 0 Å². The second-order valence-electron chi connectivity index (χ2n) is 7.84. The summed E-state index contributed by atoms with van der Waals surface area (Å²) in [7, 11) is 0. The van der Waals surface area contributed by atoms with Crippen molar-refractivity contribution in [2.24, 2.45) is 0 Å². The molecule has 0 bridgehead atoms. The zero-order valence-electron chi connectivity index (χ0n) is 18.2. The molecule has 2 nitrogen and oxygen atoms in total. The van der Waals surface area contributed by atoms with Crippen molar-refractivity contribution in [3.8, 4) is 0 Å². The molecule has 0 saturated carbocycles. The summed E-state index contributed by atoms with van der Waals surface area (Å²) in [6.45, 7) is 4.06. The molecular formula is C23H32F6O2. The number of unbranched alkanes of at least 4 members (excludes halogenated alkanes) is 7. The van der Waals surface area contributed by atoms with E-state index in [1.165, 1.54) is 6.42 Å². The maximum Gasteiger partial charge on any atom is 0.417 e. The largest absolute Gasteiger partial charge is 0.459 e. The van der Waals surface area contributed by atoms with E-state index in [-0.39, 0.29) is 12.1 Å². The first-order chi connectivity index (χ1) is 14.5. The molecule has 0 spiro atoms. The Bertz CT molecular complexity index is 667. The summed E-state index contributed by atoms with van der Waals surface area (Å²) < 4.78 is 84.0. The fourth-order valence-electron chi connectivity index (χ4n) is 3.37. The molecule has 0 amide bonds. The van der Waals surface area contributed by atoms with Crippen molar-refractivity contribution in [1.82, 2.24) is 0 Å². The smallest absolute Gasteiger partial charge is 0.417 e. The Labute approximate surface area is 180 Å². The first kappa shape index (κ1) is 27.3. The number of hydrogen-bond acceptors (Lipinski definition) is 2. The van der Waals surface area contributed by atoms with E-state index in [9.17, 15) is 31.1 Å². The van der Waals surface area contributed by atoms with E-state index in [1.54, 1.807) is 0 Å². The number of carbonyl (C=O) groups is 1. The fraction of sp³-hybridized carbons (Fsp3) is 0.696. The third-order valence-electron chi connectivity index (χ3n) is 5.16. The minimum absolute atomic E-state index is 0.232. The number of hydrogen-bond donors (Lipinski definition) is 0. The predicted molar refractivity (Wildman–Crippen MR) is 108 cm³/mol. The van der Waals surface area contributed by atoms with E-state index >= 15 is 0 Å². The monoisotopic (exact) mass is 454 g/mol. The molecule has 1 aromatic rings. The molecular weight excluding hydrogens is 422 g/mol. The highest BCUT2D eigenvalue weighted by Crippen LogP contribution is 2.37. The van der Waals surface area contributed by atoms with Gasteiger partial charge in [-0.05, 0) is 37.5 Å². The van der Waals surface area contributed by atoms with Gasteiger partial charge in [-0.2, -0.15) is 26.3 Å². The number of rotatable bonds is 13. The molecule has 0 aliphatic carbocycles. The van der Waals surface area contributed by atoms with Crippen LogP contribution in [0.15, 0.2) is 18.2 Å². The summed E-state index contributed by atoms with van der Waals surface area (Å²) >= 11 is 0. The van der Waals surface area contributed by atoms with Gasteiger partial charge in [0.15, 0.2) is 0 Å². The van der Waals surface area contributed by atoms with Crippen molar-refractivity contribution in [1.29, 1.82) is 0 Å². The Hall–Kier alpha value is -1.73. The molecule has 8 heteroatoms. The van der Waals surface area contributed by atoms with Crippen LogP contribution >= 0.6 is 0 Å². The Kier molecular flexibility index (Phi) is 11.4. The van der Waals surface area contributed by atoms with Crippen molar-refractivity contribution in [3.05, 3.63) is 34.9 Å². The van der Waals surface area contributed by atoms with Gasteiger partial charge in [-0.1, -0.05) is 65.2 Å². The van der Waals surface area contributed by atoms with Gasteiger partial charge in [0.05, 0.1) is 16.7 Å². The maximum absolute atomic E-state index is 13.3. The van der Waals surface area contributed by atoms with Crippen LogP contribution in [0.4, 0.5) is 26.3 Å². The van der Waals surface area contributed by atoms with Crippen LogP contribution in [0.2, 0.25) is 0 Å². The lowest BCUT2D eigenvalue weighted by Gasteiger charge is -2.20. The van der Waals surface area contributed by atoms with Gasteiger partial charge in [0.1, 0.15) is 6.10 Å². The first-order valence-electron chi connectivity index (χ1n) is 11.0. The summed E-state index contributed by atoms with van der Waals surface area (Å²) in [6, 6.07) is 0.846. The lowest BCUT2D eigenvalue weighted by molar-refractivity contribution is -0.141. The number of ether oxygens (including phenoxy) is 1. The number of carbonyl (C=O) groups excluding carboxylic acids is 1. The second-order valence-corrected chi connectivity index (χ2v) is 7.84. The Morgan fingerprint density at radius 3 is 1.90 bits per heavy atom. The van der Waals surface area contributed by atoms with Crippen LogP contribution in [0.1, 0.15) is 106 Å². The fourth-order valence-corrected chi connectivity index (χ4v) is 3.37. The van der Waals surface area contributed by atoms with Crippen LogP contribution in [0, 0.1) is 0 Å². The predicted octanol–water partition coefficient (Wildman–Crippen LogP) is 8.58. The zero-order valence-corrected chi connectivity index (χ0v) is 18.2. The molecule has 178 valence electrons. The van der Waals surface area contributed by atoms with Gasteiger partial charge in [0.25, 0.3) is 0 Å². The average molecular weight is 454 g/mol. The molecule has 31 heavy (non-hydrogen) atoms. The summed E-state index contributed by atoms with van der Waals surface area (Å²) in [5.41, 5.74) is -3.83. The summed E-state index contributed by atoms with van der Waals surface area (Å²) in [5.74, 6) is -1.36. The molecule has 0 aliphatic rings. The minimum Gasteiger partial charge on any atom is -0.459 e. The van der Waals surface area contributed by atoms with Gasteiger partial charge >= 0.3 is 18.3 Å². The van der Waals surface area contributed by atoms with Crippen LogP contribution in [0.5, 0.6) is 0 Å². The Morgan fingerprint density at radius 2 is 1.35 bits per heavy atom. The Balaban J connectivity index is 2.88. The lowest BCUT2D eigenvalue weighted by atomic mass is 10.0. The molecule has 0 aliphatic heterocycles. The minimum atomic E-state index is -4.96.